The lowest BCUT2D eigenvalue weighted by Crippen LogP contribution is -2.26. The molecule has 1 heterocycles. The Hall–Kier alpha value is -3.28. The van der Waals surface area contributed by atoms with E-state index in [0.717, 1.165) is 16.7 Å². The minimum atomic E-state index is -0.875. The van der Waals surface area contributed by atoms with Gasteiger partial charge in [-0.2, -0.15) is 5.10 Å². The molecule has 0 aliphatic heterocycles. The Bertz CT molecular complexity index is 1080. The maximum Gasteiger partial charge on any atom is 0.368 e. The molecular formula is C21H19FN2O3. The lowest BCUT2D eigenvalue weighted by molar-refractivity contribution is 0.0722. The molecule has 0 atom stereocenters. The monoisotopic (exact) mass is 366 g/mol. The molecule has 6 heteroatoms. The maximum atomic E-state index is 14.1. The van der Waals surface area contributed by atoms with Gasteiger partial charge in [0.25, 0.3) is 0 Å². The Morgan fingerprint density at radius 1 is 1.04 bits per heavy atom. The number of ether oxygens (including phenoxy) is 1. The first-order chi connectivity index (χ1) is 12.8. The Morgan fingerprint density at radius 3 is 2.30 bits per heavy atom. The van der Waals surface area contributed by atoms with E-state index in [4.69, 9.17) is 4.74 Å². The molecule has 0 amide bonds. The number of aromatic nitrogens is 2. The molecule has 2 aromatic carbocycles. The topological polar surface area (TPSA) is 61.2 Å². The van der Waals surface area contributed by atoms with Gasteiger partial charge in [0, 0.05) is 11.8 Å². The van der Waals surface area contributed by atoms with Gasteiger partial charge in [-0.3, -0.25) is 4.79 Å². The van der Waals surface area contributed by atoms with Gasteiger partial charge in [-0.05, 0) is 51.0 Å². The number of hydrogen-bond acceptors (Lipinski definition) is 4. The van der Waals surface area contributed by atoms with E-state index in [1.165, 1.54) is 22.9 Å². The second kappa shape index (κ2) is 7.15. The van der Waals surface area contributed by atoms with E-state index in [0.29, 0.717) is 11.4 Å². The highest BCUT2D eigenvalue weighted by atomic mass is 19.1. The van der Waals surface area contributed by atoms with E-state index in [9.17, 15) is 14.0 Å². The summed E-state index contributed by atoms with van der Waals surface area (Å²) in [6.45, 7) is 7.20. The van der Waals surface area contributed by atoms with Gasteiger partial charge in [-0.15, -0.1) is 0 Å². The highest BCUT2D eigenvalue weighted by Gasteiger charge is 2.20. The lowest BCUT2D eigenvalue weighted by Gasteiger charge is -2.13. The average Bonchev–Trinajstić information content (AvgIpc) is 2.59. The molecule has 0 saturated carbocycles. The van der Waals surface area contributed by atoms with Crippen molar-refractivity contribution in [3.05, 3.63) is 86.6 Å². The molecule has 3 aromatic rings. The number of hydrogen-bond donors (Lipinski definition) is 0. The van der Waals surface area contributed by atoms with Gasteiger partial charge in [0.15, 0.2) is 0 Å². The smallest absolute Gasteiger partial charge is 0.368 e. The summed E-state index contributed by atoms with van der Waals surface area (Å²) in [5.41, 5.74) is 2.18. The molecule has 5 nitrogen and oxygen atoms in total. The van der Waals surface area contributed by atoms with Crippen molar-refractivity contribution in [2.24, 2.45) is 0 Å². The third kappa shape index (κ3) is 3.65. The highest BCUT2D eigenvalue weighted by molar-refractivity contribution is 5.89. The number of para-hydroxylation sites is 1. The van der Waals surface area contributed by atoms with Gasteiger partial charge in [-0.25, -0.2) is 13.9 Å². The van der Waals surface area contributed by atoms with Crippen LogP contribution in [-0.4, -0.2) is 15.7 Å². The van der Waals surface area contributed by atoms with E-state index < -0.39 is 22.9 Å². The van der Waals surface area contributed by atoms with Gasteiger partial charge in [-0.1, -0.05) is 29.8 Å². The summed E-state index contributed by atoms with van der Waals surface area (Å²) < 4.78 is 20.8. The molecule has 1 aromatic heterocycles. The molecule has 0 N–H and O–H groups in total. The number of nitrogens with zero attached hydrogens (tertiary/aromatic N) is 2. The van der Waals surface area contributed by atoms with Gasteiger partial charge < -0.3 is 4.74 Å². The van der Waals surface area contributed by atoms with Crippen LogP contribution in [0, 0.1) is 33.5 Å². The van der Waals surface area contributed by atoms with Crippen molar-refractivity contribution in [3.8, 4) is 11.4 Å². The molecule has 0 aliphatic rings. The Balaban J connectivity index is 2.05. The first-order valence-electron chi connectivity index (χ1n) is 8.44. The number of carbonyl (C=O) groups excluding carboxylic acids is 1. The summed E-state index contributed by atoms with van der Waals surface area (Å²) >= 11 is 0. The number of aryl methyl sites for hydroxylation is 4. The van der Waals surface area contributed by atoms with Crippen LogP contribution in [0.1, 0.15) is 32.9 Å². The molecule has 3 rings (SSSR count). The van der Waals surface area contributed by atoms with Crippen LogP contribution in [-0.2, 0) is 0 Å². The Morgan fingerprint density at radius 2 is 1.67 bits per heavy atom. The van der Waals surface area contributed by atoms with Crippen molar-refractivity contribution in [2.75, 3.05) is 0 Å². The van der Waals surface area contributed by atoms with Crippen molar-refractivity contribution < 1.29 is 13.9 Å². The van der Waals surface area contributed by atoms with Crippen molar-refractivity contribution in [1.82, 2.24) is 9.78 Å². The number of carbonyl (C=O) groups is 1. The minimum absolute atomic E-state index is 0.145. The Labute approximate surface area is 156 Å². The number of benzene rings is 2. The first kappa shape index (κ1) is 18.5. The number of halogens is 1. The maximum absolute atomic E-state index is 14.1. The zero-order valence-electron chi connectivity index (χ0n) is 15.5. The standard InChI is InChI=1S/C21H19FN2O3/c1-12-9-13(2)20(14(3)10-12)27-21(26)19-18(25)11-15(4)24(23-19)17-8-6-5-7-16(17)22/h5-11H,1-4H3. The van der Waals surface area contributed by atoms with Crippen LogP contribution in [0.2, 0.25) is 0 Å². The van der Waals surface area contributed by atoms with Crippen LogP contribution in [0.5, 0.6) is 5.75 Å². The van der Waals surface area contributed by atoms with E-state index in [1.54, 1.807) is 19.1 Å². The van der Waals surface area contributed by atoms with Crippen LogP contribution in [0.15, 0.2) is 47.3 Å². The third-order valence-electron chi connectivity index (χ3n) is 4.18. The quantitative estimate of drug-likeness (QED) is 0.522. The molecule has 0 saturated heterocycles. The Kier molecular flexibility index (Phi) is 4.90. The van der Waals surface area contributed by atoms with Crippen molar-refractivity contribution in [2.45, 2.75) is 27.7 Å². The second-order valence-corrected chi connectivity index (χ2v) is 6.48. The van der Waals surface area contributed by atoms with E-state index >= 15 is 0 Å². The fourth-order valence-corrected chi connectivity index (χ4v) is 3.02. The fraction of sp³-hybridized carbons (Fsp3) is 0.190. The van der Waals surface area contributed by atoms with E-state index in [1.807, 2.05) is 32.9 Å². The second-order valence-electron chi connectivity index (χ2n) is 6.48. The van der Waals surface area contributed by atoms with Crippen LogP contribution in [0.3, 0.4) is 0 Å². The summed E-state index contributed by atoms with van der Waals surface area (Å²) in [5.74, 6) is -0.994. The molecule has 0 unspecified atom stereocenters. The van der Waals surface area contributed by atoms with Gasteiger partial charge in [0.2, 0.25) is 11.1 Å². The summed E-state index contributed by atoms with van der Waals surface area (Å²) in [6, 6.07) is 11.0. The predicted molar refractivity (Wildman–Crippen MR) is 100 cm³/mol. The van der Waals surface area contributed by atoms with Gasteiger partial charge in [0.1, 0.15) is 17.3 Å². The van der Waals surface area contributed by atoms with Crippen LogP contribution in [0.4, 0.5) is 4.39 Å². The molecule has 138 valence electrons. The van der Waals surface area contributed by atoms with Crippen LogP contribution >= 0.6 is 0 Å². The van der Waals surface area contributed by atoms with Gasteiger partial charge >= 0.3 is 5.97 Å². The molecular weight excluding hydrogens is 347 g/mol. The van der Waals surface area contributed by atoms with Crippen LogP contribution < -0.4 is 10.2 Å². The predicted octanol–water partition coefficient (Wildman–Crippen LogP) is 3.82. The van der Waals surface area contributed by atoms with Crippen molar-refractivity contribution >= 4 is 5.97 Å². The zero-order valence-corrected chi connectivity index (χ0v) is 15.5. The summed E-state index contributed by atoms with van der Waals surface area (Å²) in [4.78, 5) is 24.9. The highest BCUT2D eigenvalue weighted by Crippen LogP contribution is 2.25. The normalized spacial score (nSPS) is 10.7. The summed E-state index contributed by atoms with van der Waals surface area (Å²) in [5, 5.41) is 4.07. The van der Waals surface area contributed by atoms with Crippen molar-refractivity contribution in [1.29, 1.82) is 0 Å². The number of rotatable bonds is 3. The molecule has 0 bridgehead atoms. The molecule has 27 heavy (non-hydrogen) atoms. The fourth-order valence-electron chi connectivity index (χ4n) is 3.02. The zero-order chi connectivity index (χ0) is 19.7. The minimum Gasteiger partial charge on any atom is -0.421 e. The summed E-state index contributed by atoms with van der Waals surface area (Å²) in [6.07, 6.45) is 0. The number of esters is 1. The van der Waals surface area contributed by atoms with Crippen molar-refractivity contribution in [3.63, 3.8) is 0 Å². The van der Waals surface area contributed by atoms with E-state index in [2.05, 4.69) is 5.10 Å². The van der Waals surface area contributed by atoms with E-state index in [-0.39, 0.29) is 5.69 Å². The molecule has 0 fully saturated rings. The average molecular weight is 366 g/mol. The molecule has 0 radical (unpaired) electrons. The van der Waals surface area contributed by atoms with Crippen LogP contribution in [0.25, 0.3) is 5.69 Å². The van der Waals surface area contributed by atoms with Gasteiger partial charge in [0.05, 0.1) is 0 Å². The molecule has 0 aliphatic carbocycles. The molecule has 0 spiro atoms. The largest absolute Gasteiger partial charge is 0.421 e. The SMILES string of the molecule is Cc1cc(C)c(OC(=O)c2nn(-c3ccccc3F)c(C)cc2=O)c(C)c1. The third-order valence-corrected chi connectivity index (χ3v) is 4.18. The summed E-state index contributed by atoms with van der Waals surface area (Å²) in [7, 11) is 0. The lowest BCUT2D eigenvalue weighted by atomic mass is 10.1. The first-order valence-corrected chi connectivity index (χ1v) is 8.44.